The van der Waals surface area contributed by atoms with E-state index >= 15 is 0 Å². The highest BCUT2D eigenvalue weighted by molar-refractivity contribution is 5.64. The van der Waals surface area contributed by atoms with Crippen molar-refractivity contribution in [1.82, 2.24) is 10.1 Å². The van der Waals surface area contributed by atoms with Crippen molar-refractivity contribution in [3.05, 3.63) is 11.7 Å². The molecule has 0 aromatic carbocycles. The van der Waals surface area contributed by atoms with Gasteiger partial charge in [0, 0.05) is 19.3 Å². The first-order chi connectivity index (χ1) is 6.18. The predicted octanol–water partition coefficient (Wildman–Crippen LogP) is -2.42. The molecule has 1 heterocycles. The van der Waals surface area contributed by atoms with Gasteiger partial charge in [0.2, 0.25) is 11.7 Å². The molecule has 0 amide bonds. The molecule has 1 aromatic heterocycles. The van der Waals surface area contributed by atoms with Crippen LogP contribution in [0.3, 0.4) is 0 Å². The van der Waals surface area contributed by atoms with Gasteiger partial charge in [0.25, 0.3) is 0 Å². The van der Waals surface area contributed by atoms with Crippen molar-refractivity contribution in [3.63, 3.8) is 0 Å². The van der Waals surface area contributed by atoms with Crippen molar-refractivity contribution in [2.75, 3.05) is 6.54 Å². The molecule has 0 bridgehead atoms. The van der Waals surface area contributed by atoms with Gasteiger partial charge in [-0.05, 0) is 0 Å². The average molecular weight is 185 g/mol. The molecule has 0 spiro atoms. The monoisotopic (exact) mass is 185 g/mol. The number of nitrogens with two attached hydrogens (primary N) is 1. The van der Waals surface area contributed by atoms with Gasteiger partial charge in [-0.3, -0.25) is 0 Å². The highest BCUT2D eigenvalue weighted by Gasteiger charge is 2.02. The van der Waals surface area contributed by atoms with Crippen molar-refractivity contribution >= 4 is 5.97 Å². The Labute approximate surface area is 74.9 Å². The molecule has 0 saturated heterocycles. The van der Waals surface area contributed by atoms with Gasteiger partial charge in [0.15, 0.2) is 0 Å². The SMILES string of the molecule is Cc1nc(C[NH2+]CCC(=O)[O-])no1. The summed E-state index contributed by atoms with van der Waals surface area (Å²) in [4.78, 5) is 14.0. The molecule has 2 N–H and O–H groups in total. The van der Waals surface area contributed by atoms with E-state index < -0.39 is 5.97 Å². The summed E-state index contributed by atoms with van der Waals surface area (Å²) in [5, 5.41) is 15.5. The minimum absolute atomic E-state index is 0.0385. The van der Waals surface area contributed by atoms with Crippen molar-refractivity contribution in [1.29, 1.82) is 0 Å². The number of hydrogen-bond acceptors (Lipinski definition) is 5. The van der Waals surface area contributed by atoms with Crippen LogP contribution >= 0.6 is 0 Å². The van der Waals surface area contributed by atoms with E-state index in [1.165, 1.54) is 0 Å². The Morgan fingerprint density at radius 1 is 1.69 bits per heavy atom. The van der Waals surface area contributed by atoms with Gasteiger partial charge in [-0.15, -0.1) is 0 Å². The van der Waals surface area contributed by atoms with Crippen molar-refractivity contribution in [3.8, 4) is 0 Å². The van der Waals surface area contributed by atoms with Gasteiger partial charge in [-0.2, -0.15) is 4.98 Å². The third-order valence-electron chi connectivity index (χ3n) is 1.45. The summed E-state index contributed by atoms with van der Waals surface area (Å²) in [7, 11) is 0. The molecule has 1 rings (SSSR count). The molecule has 0 unspecified atom stereocenters. The minimum Gasteiger partial charge on any atom is -0.550 e. The maximum Gasteiger partial charge on any atom is 0.226 e. The topological polar surface area (TPSA) is 95.7 Å². The summed E-state index contributed by atoms with van der Waals surface area (Å²) in [6.07, 6.45) is 0.0385. The van der Waals surface area contributed by atoms with Crippen LogP contribution in [0, 0.1) is 6.92 Å². The van der Waals surface area contributed by atoms with Crippen LogP contribution in [0.15, 0.2) is 4.52 Å². The number of quaternary nitrogens is 1. The fraction of sp³-hybridized carbons (Fsp3) is 0.571. The van der Waals surface area contributed by atoms with Crippen molar-refractivity contribution in [2.45, 2.75) is 19.9 Å². The van der Waals surface area contributed by atoms with Gasteiger partial charge in [0.05, 0.1) is 6.54 Å². The lowest BCUT2D eigenvalue weighted by molar-refractivity contribution is -0.671. The maximum atomic E-state index is 10.0. The zero-order chi connectivity index (χ0) is 9.68. The molecule has 0 aliphatic rings. The summed E-state index contributed by atoms with van der Waals surface area (Å²) in [6.45, 7) is 2.71. The average Bonchev–Trinajstić information content (AvgIpc) is 2.45. The summed E-state index contributed by atoms with van der Waals surface area (Å²) in [6, 6.07) is 0. The van der Waals surface area contributed by atoms with Crippen LogP contribution in [-0.2, 0) is 11.3 Å². The molecule has 72 valence electrons. The molecular weight excluding hydrogens is 174 g/mol. The quantitative estimate of drug-likeness (QED) is 0.515. The number of carboxylic acid groups (broad SMARTS) is 1. The van der Waals surface area contributed by atoms with Gasteiger partial charge in [-0.1, -0.05) is 5.16 Å². The Morgan fingerprint density at radius 3 is 3.00 bits per heavy atom. The molecule has 0 aliphatic heterocycles. The molecular formula is C7H11N3O3. The number of aryl methyl sites for hydroxylation is 1. The number of nitrogens with zero attached hydrogens (tertiary/aromatic N) is 2. The molecule has 0 saturated carbocycles. The van der Waals surface area contributed by atoms with E-state index in [0.29, 0.717) is 24.8 Å². The highest BCUT2D eigenvalue weighted by Crippen LogP contribution is 1.91. The first-order valence-electron chi connectivity index (χ1n) is 3.99. The summed E-state index contributed by atoms with van der Waals surface area (Å²) in [5.41, 5.74) is 0. The van der Waals surface area contributed by atoms with E-state index in [-0.39, 0.29) is 6.42 Å². The van der Waals surface area contributed by atoms with E-state index in [1.54, 1.807) is 12.2 Å². The Kier molecular flexibility index (Phi) is 3.39. The van der Waals surface area contributed by atoms with Gasteiger partial charge in [-0.25, -0.2) is 0 Å². The van der Waals surface area contributed by atoms with Gasteiger partial charge in [0.1, 0.15) is 6.54 Å². The first kappa shape index (κ1) is 9.66. The van der Waals surface area contributed by atoms with E-state index in [2.05, 4.69) is 10.1 Å². The lowest BCUT2D eigenvalue weighted by Gasteiger charge is -1.98. The van der Waals surface area contributed by atoms with E-state index in [0.717, 1.165) is 0 Å². The number of rotatable bonds is 5. The largest absolute Gasteiger partial charge is 0.550 e. The number of carbonyl (C=O) groups is 1. The van der Waals surface area contributed by atoms with Crippen LogP contribution in [0.4, 0.5) is 0 Å². The normalized spacial score (nSPS) is 10.2. The number of aromatic nitrogens is 2. The molecule has 6 nitrogen and oxygen atoms in total. The highest BCUT2D eigenvalue weighted by atomic mass is 16.5. The Bertz CT molecular complexity index is 284. The van der Waals surface area contributed by atoms with E-state index in [1.807, 2.05) is 0 Å². The molecule has 13 heavy (non-hydrogen) atoms. The van der Waals surface area contributed by atoms with Crippen LogP contribution < -0.4 is 10.4 Å². The molecule has 0 fully saturated rings. The fourth-order valence-electron chi connectivity index (χ4n) is 0.875. The van der Waals surface area contributed by atoms with Crippen molar-refractivity contribution in [2.24, 2.45) is 0 Å². The second-order valence-corrected chi connectivity index (χ2v) is 2.63. The molecule has 0 radical (unpaired) electrons. The first-order valence-corrected chi connectivity index (χ1v) is 3.99. The minimum atomic E-state index is -1.04. The zero-order valence-electron chi connectivity index (χ0n) is 7.32. The van der Waals surface area contributed by atoms with Gasteiger partial charge < -0.3 is 19.7 Å². The van der Waals surface area contributed by atoms with Crippen LogP contribution in [-0.4, -0.2) is 22.7 Å². The smallest absolute Gasteiger partial charge is 0.226 e. The van der Waals surface area contributed by atoms with E-state index in [9.17, 15) is 9.90 Å². The van der Waals surface area contributed by atoms with Crippen molar-refractivity contribution < 1.29 is 19.7 Å². The lowest BCUT2D eigenvalue weighted by Crippen LogP contribution is -2.83. The Hall–Kier alpha value is -1.43. The summed E-state index contributed by atoms with van der Waals surface area (Å²) in [5.74, 6) is 0.0553. The summed E-state index contributed by atoms with van der Waals surface area (Å²) >= 11 is 0. The molecule has 0 atom stereocenters. The third-order valence-corrected chi connectivity index (χ3v) is 1.45. The second-order valence-electron chi connectivity index (χ2n) is 2.63. The Morgan fingerprint density at radius 2 is 2.46 bits per heavy atom. The molecule has 6 heteroatoms. The lowest BCUT2D eigenvalue weighted by atomic mass is 10.4. The number of hydrogen-bond donors (Lipinski definition) is 1. The number of carboxylic acids is 1. The van der Waals surface area contributed by atoms with Crippen LogP contribution in [0.1, 0.15) is 18.1 Å². The zero-order valence-corrected chi connectivity index (χ0v) is 7.32. The van der Waals surface area contributed by atoms with Gasteiger partial charge >= 0.3 is 0 Å². The number of aliphatic carboxylic acids is 1. The Balaban J connectivity index is 2.16. The standard InChI is InChI=1S/C7H11N3O3/c1-5-9-6(10-13-5)4-8-3-2-7(11)12/h8H,2-4H2,1H3,(H,11,12). The second kappa shape index (κ2) is 4.56. The van der Waals surface area contributed by atoms with Crippen LogP contribution in [0.25, 0.3) is 0 Å². The molecule has 0 aliphatic carbocycles. The number of carbonyl (C=O) groups excluding carboxylic acids is 1. The van der Waals surface area contributed by atoms with Crippen LogP contribution in [0.2, 0.25) is 0 Å². The molecule has 1 aromatic rings. The maximum absolute atomic E-state index is 10.0. The van der Waals surface area contributed by atoms with E-state index in [4.69, 9.17) is 4.52 Å². The fourth-order valence-corrected chi connectivity index (χ4v) is 0.875. The third kappa shape index (κ3) is 3.66. The van der Waals surface area contributed by atoms with Crippen LogP contribution in [0.5, 0.6) is 0 Å². The summed E-state index contributed by atoms with van der Waals surface area (Å²) < 4.78 is 4.73. The predicted molar refractivity (Wildman–Crippen MR) is 39.2 cm³/mol.